The van der Waals surface area contributed by atoms with Crippen LogP contribution in [0.1, 0.15) is 38.7 Å². The van der Waals surface area contributed by atoms with Crippen LogP contribution in [0.3, 0.4) is 0 Å². The first-order chi connectivity index (χ1) is 9.61. The molecule has 0 saturated carbocycles. The van der Waals surface area contributed by atoms with Crippen molar-refractivity contribution >= 4 is 11.6 Å². The van der Waals surface area contributed by atoms with Gasteiger partial charge in [0.15, 0.2) is 0 Å². The highest BCUT2D eigenvalue weighted by atomic mass is 16.5. The van der Waals surface area contributed by atoms with Crippen LogP contribution in [0.15, 0.2) is 24.3 Å². The van der Waals surface area contributed by atoms with Gasteiger partial charge in [-0.1, -0.05) is 25.1 Å². The van der Waals surface area contributed by atoms with Crippen LogP contribution in [0.25, 0.3) is 0 Å². The first-order valence-corrected chi connectivity index (χ1v) is 7.39. The van der Waals surface area contributed by atoms with Crippen LogP contribution < -0.4 is 5.73 Å². The van der Waals surface area contributed by atoms with Gasteiger partial charge >= 0.3 is 0 Å². The van der Waals surface area contributed by atoms with E-state index in [1.54, 1.807) is 0 Å². The number of hydrogen-bond donors (Lipinski definition) is 1. The van der Waals surface area contributed by atoms with Crippen LogP contribution in [-0.2, 0) is 16.1 Å². The number of rotatable bonds is 5. The zero-order valence-electron chi connectivity index (χ0n) is 12.3. The minimum Gasteiger partial charge on any atom is -0.398 e. The Hall–Kier alpha value is -1.55. The standard InChI is InChI=1S/C16H24N2O2/c1-3-10-18(11-13-6-4-5-7-14(13)17)16(19)15-9-8-12(2)20-15/h4-7,12,15H,3,8-11,17H2,1-2H3. The first kappa shape index (κ1) is 14.9. The number of benzene rings is 1. The Labute approximate surface area is 120 Å². The number of nitrogens with zero attached hydrogens (tertiary/aromatic N) is 1. The average molecular weight is 276 g/mol. The molecule has 1 aromatic rings. The van der Waals surface area contributed by atoms with Gasteiger partial charge in [0.2, 0.25) is 0 Å². The van der Waals surface area contributed by atoms with Crippen LogP contribution >= 0.6 is 0 Å². The number of ether oxygens (including phenoxy) is 1. The van der Waals surface area contributed by atoms with E-state index in [4.69, 9.17) is 10.5 Å². The van der Waals surface area contributed by atoms with Gasteiger partial charge in [0.1, 0.15) is 6.10 Å². The Kier molecular flexibility index (Phi) is 5.01. The largest absolute Gasteiger partial charge is 0.398 e. The quantitative estimate of drug-likeness (QED) is 0.841. The van der Waals surface area contributed by atoms with Crippen LogP contribution in [0.2, 0.25) is 0 Å². The predicted molar refractivity (Wildman–Crippen MR) is 80.1 cm³/mol. The third-order valence-corrected chi connectivity index (χ3v) is 3.73. The Morgan fingerprint density at radius 2 is 2.15 bits per heavy atom. The molecular formula is C16H24N2O2. The Balaban J connectivity index is 2.07. The third-order valence-electron chi connectivity index (χ3n) is 3.73. The maximum absolute atomic E-state index is 12.6. The van der Waals surface area contributed by atoms with E-state index in [1.807, 2.05) is 36.1 Å². The highest BCUT2D eigenvalue weighted by Gasteiger charge is 2.31. The summed E-state index contributed by atoms with van der Waals surface area (Å²) in [6, 6.07) is 7.71. The Morgan fingerprint density at radius 3 is 2.75 bits per heavy atom. The fraction of sp³-hybridized carbons (Fsp3) is 0.562. The molecule has 4 nitrogen and oxygen atoms in total. The summed E-state index contributed by atoms with van der Waals surface area (Å²) >= 11 is 0. The molecule has 1 aliphatic rings. The molecule has 0 spiro atoms. The van der Waals surface area contributed by atoms with Crippen LogP contribution in [0.4, 0.5) is 5.69 Å². The molecule has 1 aromatic carbocycles. The fourth-order valence-electron chi connectivity index (χ4n) is 2.61. The molecule has 0 radical (unpaired) electrons. The molecule has 2 N–H and O–H groups in total. The molecule has 1 saturated heterocycles. The van der Waals surface area contributed by atoms with Crippen molar-refractivity contribution in [3.8, 4) is 0 Å². The second-order valence-electron chi connectivity index (χ2n) is 5.47. The van der Waals surface area contributed by atoms with Crippen LogP contribution in [0, 0.1) is 0 Å². The molecule has 0 aromatic heterocycles. The second-order valence-corrected chi connectivity index (χ2v) is 5.47. The van der Waals surface area contributed by atoms with Gasteiger partial charge in [-0.15, -0.1) is 0 Å². The number of anilines is 1. The molecule has 1 heterocycles. The van der Waals surface area contributed by atoms with E-state index in [-0.39, 0.29) is 18.1 Å². The molecule has 2 unspecified atom stereocenters. The number of carbonyl (C=O) groups excluding carboxylic acids is 1. The van der Waals surface area contributed by atoms with Crippen molar-refractivity contribution in [2.24, 2.45) is 0 Å². The monoisotopic (exact) mass is 276 g/mol. The maximum atomic E-state index is 12.6. The summed E-state index contributed by atoms with van der Waals surface area (Å²) in [4.78, 5) is 14.4. The van der Waals surface area contributed by atoms with Gasteiger partial charge < -0.3 is 15.4 Å². The van der Waals surface area contributed by atoms with Crippen molar-refractivity contribution in [1.82, 2.24) is 4.90 Å². The zero-order chi connectivity index (χ0) is 14.5. The normalized spacial score (nSPS) is 21.9. The molecule has 20 heavy (non-hydrogen) atoms. The SMILES string of the molecule is CCCN(Cc1ccccc1N)C(=O)C1CCC(C)O1. The summed E-state index contributed by atoms with van der Waals surface area (Å²) in [5.41, 5.74) is 7.71. The van der Waals surface area contributed by atoms with Crippen molar-refractivity contribution in [1.29, 1.82) is 0 Å². The number of amides is 1. The molecule has 1 amide bonds. The third kappa shape index (κ3) is 3.51. The number of hydrogen-bond acceptors (Lipinski definition) is 3. The minimum absolute atomic E-state index is 0.0967. The lowest BCUT2D eigenvalue weighted by atomic mass is 10.1. The number of carbonyl (C=O) groups is 1. The second kappa shape index (κ2) is 6.75. The van der Waals surface area contributed by atoms with Crippen LogP contribution in [-0.4, -0.2) is 29.6 Å². The summed E-state index contributed by atoms with van der Waals surface area (Å²) in [5, 5.41) is 0. The highest BCUT2D eigenvalue weighted by molar-refractivity contribution is 5.81. The molecular weight excluding hydrogens is 252 g/mol. The van der Waals surface area contributed by atoms with E-state index in [1.165, 1.54) is 0 Å². The molecule has 0 aliphatic carbocycles. The average Bonchev–Trinajstić information content (AvgIpc) is 2.86. The van der Waals surface area contributed by atoms with E-state index < -0.39 is 0 Å². The highest BCUT2D eigenvalue weighted by Crippen LogP contribution is 2.22. The number of nitrogens with two attached hydrogens (primary N) is 1. The molecule has 110 valence electrons. The summed E-state index contributed by atoms with van der Waals surface area (Å²) in [5.74, 6) is 0.0967. The van der Waals surface area contributed by atoms with E-state index in [0.717, 1.165) is 37.1 Å². The Bertz CT molecular complexity index is 462. The van der Waals surface area contributed by atoms with E-state index >= 15 is 0 Å². The number of para-hydroxylation sites is 1. The number of nitrogen functional groups attached to an aromatic ring is 1. The van der Waals surface area contributed by atoms with Gasteiger partial charge in [-0.2, -0.15) is 0 Å². The van der Waals surface area contributed by atoms with E-state index in [2.05, 4.69) is 6.92 Å². The van der Waals surface area contributed by atoms with Gasteiger partial charge in [-0.25, -0.2) is 0 Å². The molecule has 2 atom stereocenters. The summed E-state index contributed by atoms with van der Waals surface area (Å²) in [7, 11) is 0. The van der Waals surface area contributed by atoms with Gasteiger partial charge in [-0.3, -0.25) is 4.79 Å². The lowest BCUT2D eigenvalue weighted by Crippen LogP contribution is -2.39. The molecule has 1 fully saturated rings. The van der Waals surface area contributed by atoms with Crippen molar-refractivity contribution in [3.05, 3.63) is 29.8 Å². The molecule has 4 heteroatoms. The molecule has 0 bridgehead atoms. The summed E-state index contributed by atoms with van der Waals surface area (Å²) in [6.45, 7) is 5.40. The zero-order valence-corrected chi connectivity index (χ0v) is 12.3. The topological polar surface area (TPSA) is 55.6 Å². The lowest BCUT2D eigenvalue weighted by molar-refractivity contribution is -0.143. The first-order valence-electron chi connectivity index (χ1n) is 7.39. The van der Waals surface area contributed by atoms with Crippen molar-refractivity contribution in [2.75, 3.05) is 12.3 Å². The van der Waals surface area contributed by atoms with Gasteiger partial charge in [0.05, 0.1) is 6.10 Å². The van der Waals surface area contributed by atoms with Gasteiger partial charge in [0.25, 0.3) is 5.91 Å². The van der Waals surface area contributed by atoms with E-state index in [9.17, 15) is 4.79 Å². The van der Waals surface area contributed by atoms with Crippen LogP contribution in [0.5, 0.6) is 0 Å². The predicted octanol–water partition coefficient (Wildman–Crippen LogP) is 2.57. The maximum Gasteiger partial charge on any atom is 0.252 e. The molecule has 1 aliphatic heterocycles. The van der Waals surface area contributed by atoms with Crippen molar-refractivity contribution < 1.29 is 9.53 Å². The van der Waals surface area contributed by atoms with Crippen molar-refractivity contribution in [3.63, 3.8) is 0 Å². The Morgan fingerprint density at radius 1 is 1.40 bits per heavy atom. The molecule has 2 rings (SSSR count). The van der Waals surface area contributed by atoms with Gasteiger partial charge in [0, 0.05) is 18.8 Å². The smallest absolute Gasteiger partial charge is 0.252 e. The fourth-order valence-corrected chi connectivity index (χ4v) is 2.61. The summed E-state index contributed by atoms with van der Waals surface area (Å²) in [6.07, 6.45) is 2.63. The van der Waals surface area contributed by atoms with E-state index in [0.29, 0.717) is 6.54 Å². The van der Waals surface area contributed by atoms with Crippen molar-refractivity contribution in [2.45, 2.75) is 51.9 Å². The van der Waals surface area contributed by atoms with Gasteiger partial charge in [-0.05, 0) is 37.8 Å². The summed E-state index contributed by atoms with van der Waals surface area (Å²) < 4.78 is 5.70. The lowest BCUT2D eigenvalue weighted by Gasteiger charge is -2.25. The minimum atomic E-state index is -0.276.